The van der Waals surface area contributed by atoms with Crippen molar-refractivity contribution in [2.75, 3.05) is 0 Å². The molecular weight excluding hydrogens is 273 g/mol. The van der Waals surface area contributed by atoms with Crippen LogP contribution in [-0.4, -0.2) is 11.1 Å². The molecule has 1 N–H and O–H groups in total. The molecule has 20 heavy (non-hydrogen) atoms. The first kappa shape index (κ1) is 13.9. The molecule has 0 aliphatic heterocycles. The predicted octanol–water partition coefficient (Wildman–Crippen LogP) is 3.38. The molecule has 0 atom stereocenters. The Morgan fingerprint density at radius 3 is 2.30 bits per heavy atom. The van der Waals surface area contributed by atoms with Crippen LogP contribution in [-0.2, 0) is 6.61 Å². The highest BCUT2D eigenvalue weighted by atomic mass is 19.1. The fraction of sp³-hybridized carbons (Fsp3) is 0.0714. The molecule has 0 fully saturated rings. The lowest BCUT2D eigenvalue weighted by molar-refractivity contribution is 0.0686. The zero-order valence-corrected chi connectivity index (χ0v) is 10.1. The van der Waals surface area contributed by atoms with Gasteiger partial charge in [0.25, 0.3) is 0 Å². The van der Waals surface area contributed by atoms with Gasteiger partial charge in [-0.15, -0.1) is 0 Å². The molecule has 0 radical (unpaired) electrons. The lowest BCUT2D eigenvalue weighted by Crippen LogP contribution is -2.06. The molecule has 0 bridgehead atoms. The molecule has 0 aliphatic rings. The Morgan fingerprint density at radius 1 is 1.10 bits per heavy atom. The van der Waals surface area contributed by atoms with Gasteiger partial charge in [0.05, 0.1) is 0 Å². The van der Waals surface area contributed by atoms with Crippen molar-refractivity contribution >= 4 is 5.97 Å². The zero-order valence-electron chi connectivity index (χ0n) is 10.1. The molecule has 2 rings (SSSR count). The van der Waals surface area contributed by atoms with E-state index >= 15 is 0 Å². The van der Waals surface area contributed by atoms with Gasteiger partial charge in [0.2, 0.25) is 0 Å². The number of benzene rings is 2. The fourth-order valence-corrected chi connectivity index (χ4v) is 1.63. The number of halogens is 3. The third-order valence-electron chi connectivity index (χ3n) is 2.52. The predicted molar refractivity (Wildman–Crippen MR) is 64.0 cm³/mol. The second-order valence-corrected chi connectivity index (χ2v) is 3.99. The summed E-state index contributed by atoms with van der Waals surface area (Å²) in [5, 5.41) is 8.61. The van der Waals surface area contributed by atoms with E-state index in [1.165, 1.54) is 18.2 Å². The molecule has 0 amide bonds. The highest BCUT2D eigenvalue weighted by Gasteiger charge is 2.18. The second kappa shape index (κ2) is 5.64. The van der Waals surface area contributed by atoms with E-state index < -0.39 is 29.0 Å². The standard InChI is InChI=1S/C14H9F3O3/c15-9-3-1-2-8(4-9)7-20-10-5-11(16)13(14(18)19)12(17)6-10/h1-6H,7H2,(H,18,19). The van der Waals surface area contributed by atoms with Crippen LogP contribution >= 0.6 is 0 Å². The van der Waals surface area contributed by atoms with Gasteiger partial charge < -0.3 is 9.84 Å². The normalized spacial score (nSPS) is 10.3. The van der Waals surface area contributed by atoms with Crippen LogP contribution in [0.25, 0.3) is 0 Å². The van der Waals surface area contributed by atoms with E-state index in [0.717, 1.165) is 12.1 Å². The van der Waals surface area contributed by atoms with Gasteiger partial charge in [-0.05, 0) is 17.7 Å². The number of carboxylic acid groups (broad SMARTS) is 1. The number of hydrogen-bond acceptors (Lipinski definition) is 2. The molecule has 0 aliphatic carbocycles. The van der Waals surface area contributed by atoms with Crippen LogP contribution in [0.3, 0.4) is 0 Å². The summed E-state index contributed by atoms with van der Waals surface area (Å²) in [5.74, 6) is -4.78. The summed E-state index contributed by atoms with van der Waals surface area (Å²) in [6, 6.07) is 7.07. The minimum atomic E-state index is -1.70. The summed E-state index contributed by atoms with van der Waals surface area (Å²) >= 11 is 0. The third-order valence-corrected chi connectivity index (χ3v) is 2.52. The topological polar surface area (TPSA) is 46.5 Å². The van der Waals surface area contributed by atoms with Gasteiger partial charge in [-0.25, -0.2) is 18.0 Å². The average molecular weight is 282 g/mol. The molecule has 0 unspecified atom stereocenters. The van der Waals surface area contributed by atoms with E-state index in [-0.39, 0.29) is 12.4 Å². The Balaban J connectivity index is 2.17. The van der Waals surface area contributed by atoms with E-state index in [2.05, 4.69) is 0 Å². The first-order chi connectivity index (χ1) is 9.47. The molecule has 0 saturated carbocycles. The molecule has 2 aromatic carbocycles. The van der Waals surface area contributed by atoms with Crippen molar-refractivity contribution in [3.8, 4) is 5.75 Å². The van der Waals surface area contributed by atoms with E-state index in [9.17, 15) is 18.0 Å². The highest BCUT2D eigenvalue weighted by Crippen LogP contribution is 2.21. The largest absolute Gasteiger partial charge is 0.489 e. The monoisotopic (exact) mass is 282 g/mol. The van der Waals surface area contributed by atoms with Crippen molar-refractivity contribution < 1.29 is 27.8 Å². The van der Waals surface area contributed by atoms with Gasteiger partial charge in [-0.2, -0.15) is 0 Å². The highest BCUT2D eigenvalue weighted by molar-refractivity contribution is 5.88. The maximum atomic E-state index is 13.4. The van der Waals surface area contributed by atoms with Crippen molar-refractivity contribution in [3.63, 3.8) is 0 Å². The Kier molecular flexibility index (Phi) is 3.93. The molecular formula is C14H9F3O3. The van der Waals surface area contributed by atoms with Gasteiger partial charge in [-0.3, -0.25) is 0 Å². The summed E-state index contributed by atoms with van der Waals surface area (Å²) in [5.41, 5.74) is -0.559. The lowest BCUT2D eigenvalue weighted by atomic mass is 10.2. The smallest absolute Gasteiger partial charge is 0.341 e. The molecule has 3 nitrogen and oxygen atoms in total. The number of hydrogen-bond donors (Lipinski definition) is 1. The fourth-order valence-electron chi connectivity index (χ4n) is 1.63. The van der Waals surface area contributed by atoms with Gasteiger partial charge in [0.15, 0.2) is 0 Å². The third kappa shape index (κ3) is 3.09. The van der Waals surface area contributed by atoms with Crippen LogP contribution in [0.2, 0.25) is 0 Å². The van der Waals surface area contributed by atoms with E-state index in [0.29, 0.717) is 5.56 Å². The quantitative estimate of drug-likeness (QED) is 0.935. The summed E-state index contributed by atoms with van der Waals surface area (Å²) < 4.78 is 44.8. The number of carboxylic acids is 1. The first-order valence-electron chi connectivity index (χ1n) is 5.57. The van der Waals surface area contributed by atoms with Crippen molar-refractivity contribution in [1.82, 2.24) is 0 Å². The van der Waals surface area contributed by atoms with Gasteiger partial charge in [-0.1, -0.05) is 12.1 Å². The Hall–Kier alpha value is -2.50. The number of carbonyl (C=O) groups is 1. The van der Waals surface area contributed by atoms with Crippen LogP contribution in [0, 0.1) is 17.5 Å². The summed E-state index contributed by atoms with van der Waals surface area (Å²) in [4.78, 5) is 10.6. The van der Waals surface area contributed by atoms with Crippen LogP contribution in [0.5, 0.6) is 5.75 Å². The maximum absolute atomic E-state index is 13.4. The Morgan fingerprint density at radius 2 is 1.75 bits per heavy atom. The Labute approximate surface area is 112 Å². The van der Waals surface area contributed by atoms with Crippen molar-refractivity contribution in [2.45, 2.75) is 6.61 Å². The van der Waals surface area contributed by atoms with Crippen molar-refractivity contribution in [2.24, 2.45) is 0 Å². The molecule has 0 heterocycles. The summed E-state index contributed by atoms with van der Waals surface area (Å²) in [7, 11) is 0. The maximum Gasteiger partial charge on any atom is 0.341 e. The number of aromatic carboxylic acids is 1. The average Bonchev–Trinajstić information content (AvgIpc) is 2.35. The molecule has 0 spiro atoms. The van der Waals surface area contributed by atoms with Crippen molar-refractivity contribution in [3.05, 3.63) is 65.0 Å². The van der Waals surface area contributed by atoms with Gasteiger partial charge in [0, 0.05) is 12.1 Å². The molecule has 0 saturated heterocycles. The van der Waals surface area contributed by atoms with Crippen LogP contribution in [0.1, 0.15) is 15.9 Å². The molecule has 6 heteroatoms. The lowest BCUT2D eigenvalue weighted by Gasteiger charge is -2.08. The number of ether oxygens (including phenoxy) is 1. The van der Waals surface area contributed by atoms with Crippen LogP contribution < -0.4 is 4.74 Å². The minimum absolute atomic E-state index is 0.0942. The first-order valence-corrected chi connectivity index (χ1v) is 5.57. The SMILES string of the molecule is O=C(O)c1c(F)cc(OCc2cccc(F)c2)cc1F. The van der Waals surface area contributed by atoms with E-state index in [4.69, 9.17) is 9.84 Å². The van der Waals surface area contributed by atoms with Crippen LogP contribution in [0.15, 0.2) is 36.4 Å². The molecule has 0 aromatic heterocycles. The second-order valence-electron chi connectivity index (χ2n) is 3.99. The van der Waals surface area contributed by atoms with E-state index in [1.54, 1.807) is 6.07 Å². The van der Waals surface area contributed by atoms with Gasteiger partial charge in [0.1, 0.15) is 35.4 Å². The summed E-state index contributed by atoms with van der Waals surface area (Å²) in [6.07, 6.45) is 0. The minimum Gasteiger partial charge on any atom is -0.489 e. The Bertz CT molecular complexity index is 633. The van der Waals surface area contributed by atoms with Crippen LogP contribution in [0.4, 0.5) is 13.2 Å². The van der Waals surface area contributed by atoms with E-state index in [1.807, 2.05) is 0 Å². The van der Waals surface area contributed by atoms with Crippen molar-refractivity contribution in [1.29, 1.82) is 0 Å². The molecule has 2 aromatic rings. The molecule has 104 valence electrons. The number of rotatable bonds is 4. The van der Waals surface area contributed by atoms with Gasteiger partial charge >= 0.3 is 5.97 Å². The summed E-state index contributed by atoms with van der Waals surface area (Å²) in [6.45, 7) is -0.0942. The zero-order chi connectivity index (χ0) is 14.7.